The average molecular weight is 261 g/mol. The molecular formula is C17H27NO. The highest BCUT2D eigenvalue weighted by atomic mass is 16.3. The van der Waals surface area contributed by atoms with Gasteiger partial charge in [-0.05, 0) is 42.3 Å². The van der Waals surface area contributed by atoms with Gasteiger partial charge in [0.2, 0.25) is 0 Å². The first-order valence-electron chi connectivity index (χ1n) is 7.71. The lowest BCUT2D eigenvalue weighted by atomic mass is 9.81. The zero-order valence-corrected chi connectivity index (χ0v) is 12.1. The predicted octanol–water partition coefficient (Wildman–Crippen LogP) is 3.48. The largest absolute Gasteiger partial charge is 0.392 e. The Morgan fingerprint density at radius 1 is 1.00 bits per heavy atom. The van der Waals surface area contributed by atoms with Gasteiger partial charge < -0.3 is 10.4 Å². The number of aliphatic hydroxyl groups is 1. The van der Waals surface area contributed by atoms with Crippen LogP contribution in [-0.2, 0) is 13.2 Å². The van der Waals surface area contributed by atoms with Crippen LogP contribution >= 0.6 is 0 Å². The maximum atomic E-state index is 9.00. The molecule has 0 atom stereocenters. The van der Waals surface area contributed by atoms with Crippen molar-refractivity contribution in [1.82, 2.24) is 5.32 Å². The van der Waals surface area contributed by atoms with Gasteiger partial charge in [0.1, 0.15) is 0 Å². The van der Waals surface area contributed by atoms with Crippen LogP contribution < -0.4 is 5.32 Å². The summed E-state index contributed by atoms with van der Waals surface area (Å²) < 4.78 is 0. The molecule has 1 aliphatic rings. The highest BCUT2D eigenvalue weighted by Crippen LogP contribution is 2.30. The van der Waals surface area contributed by atoms with Crippen LogP contribution in [-0.4, -0.2) is 11.7 Å². The second-order valence-electron chi connectivity index (χ2n) is 5.90. The monoisotopic (exact) mass is 261 g/mol. The number of benzene rings is 1. The standard InChI is InChI=1S/C17H27NO/c1-2-14-3-5-15(6-4-14)11-18-12-16-7-9-17(13-19)10-8-16/h7-10,14-15,18-19H,2-6,11-13H2,1H3. The number of hydrogen-bond donors (Lipinski definition) is 2. The fourth-order valence-electron chi connectivity index (χ4n) is 3.03. The summed E-state index contributed by atoms with van der Waals surface area (Å²) in [7, 11) is 0. The van der Waals surface area contributed by atoms with Gasteiger partial charge in [-0.2, -0.15) is 0 Å². The molecule has 1 saturated carbocycles. The molecule has 0 bridgehead atoms. The first-order valence-corrected chi connectivity index (χ1v) is 7.71. The lowest BCUT2D eigenvalue weighted by Crippen LogP contribution is -2.26. The maximum absolute atomic E-state index is 9.00. The summed E-state index contributed by atoms with van der Waals surface area (Å²) in [5, 5.41) is 12.6. The minimum atomic E-state index is 0.133. The molecule has 0 heterocycles. The lowest BCUT2D eigenvalue weighted by Gasteiger charge is -2.27. The number of rotatable bonds is 6. The van der Waals surface area contributed by atoms with Crippen molar-refractivity contribution in [3.63, 3.8) is 0 Å². The van der Waals surface area contributed by atoms with E-state index >= 15 is 0 Å². The molecule has 0 aromatic heterocycles. The van der Waals surface area contributed by atoms with Crippen LogP contribution in [0.1, 0.15) is 50.2 Å². The Morgan fingerprint density at radius 2 is 1.58 bits per heavy atom. The van der Waals surface area contributed by atoms with Crippen molar-refractivity contribution in [1.29, 1.82) is 0 Å². The Bertz CT molecular complexity index is 352. The minimum absolute atomic E-state index is 0.133. The summed E-state index contributed by atoms with van der Waals surface area (Å²) in [4.78, 5) is 0. The van der Waals surface area contributed by atoms with E-state index in [2.05, 4.69) is 24.4 Å². The van der Waals surface area contributed by atoms with Gasteiger partial charge in [0, 0.05) is 6.54 Å². The fourth-order valence-corrected chi connectivity index (χ4v) is 3.03. The van der Waals surface area contributed by atoms with E-state index in [1.165, 1.54) is 37.7 Å². The highest BCUT2D eigenvalue weighted by Gasteiger charge is 2.19. The van der Waals surface area contributed by atoms with Crippen molar-refractivity contribution in [3.05, 3.63) is 35.4 Å². The molecule has 106 valence electrons. The molecule has 0 radical (unpaired) electrons. The molecule has 0 amide bonds. The molecular weight excluding hydrogens is 234 g/mol. The Morgan fingerprint density at radius 3 is 2.16 bits per heavy atom. The Hall–Kier alpha value is -0.860. The molecule has 1 fully saturated rings. The molecule has 1 aliphatic carbocycles. The van der Waals surface area contributed by atoms with Crippen molar-refractivity contribution < 1.29 is 5.11 Å². The lowest BCUT2D eigenvalue weighted by molar-refractivity contribution is 0.262. The van der Waals surface area contributed by atoms with Crippen LogP contribution in [0.15, 0.2) is 24.3 Å². The third kappa shape index (κ3) is 4.63. The number of nitrogens with one attached hydrogen (secondary N) is 1. The molecule has 2 heteroatoms. The van der Waals surface area contributed by atoms with Crippen LogP contribution in [0.3, 0.4) is 0 Å². The number of hydrogen-bond acceptors (Lipinski definition) is 2. The third-order valence-corrected chi connectivity index (χ3v) is 4.51. The van der Waals surface area contributed by atoms with E-state index in [9.17, 15) is 0 Å². The first kappa shape index (κ1) is 14.5. The van der Waals surface area contributed by atoms with E-state index in [0.717, 1.165) is 30.5 Å². The maximum Gasteiger partial charge on any atom is 0.0681 e. The van der Waals surface area contributed by atoms with Crippen molar-refractivity contribution in [2.24, 2.45) is 11.8 Å². The van der Waals surface area contributed by atoms with E-state index in [4.69, 9.17) is 5.11 Å². The van der Waals surface area contributed by atoms with E-state index in [0.29, 0.717) is 0 Å². The van der Waals surface area contributed by atoms with Crippen molar-refractivity contribution in [2.45, 2.75) is 52.2 Å². The highest BCUT2D eigenvalue weighted by molar-refractivity contribution is 5.21. The van der Waals surface area contributed by atoms with Gasteiger partial charge >= 0.3 is 0 Å². The molecule has 0 unspecified atom stereocenters. The van der Waals surface area contributed by atoms with Crippen LogP contribution in [0.25, 0.3) is 0 Å². The molecule has 2 rings (SSSR count). The molecule has 1 aromatic rings. The van der Waals surface area contributed by atoms with Gasteiger partial charge in [0.15, 0.2) is 0 Å². The molecule has 2 nitrogen and oxygen atoms in total. The van der Waals surface area contributed by atoms with Gasteiger partial charge in [-0.25, -0.2) is 0 Å². The first-order chi connectivity index (χ1) is 9.31. The molecule has 1 aromatic carbocycles. The van der Waals surface area contributed by atoms with Crippen molar-refractivity contribution in [2.75, 3.05) is 6.54 Å². The quantitative estimate of drug-likeness (QED) is 0.821. The predicted molar refractivity (Wildman–Crippen MR) is 79.8 cm³/mol. The van der Waals surface area contributed by atoms with E-state index < -0.39 is 0 Å². The summed E-state index contributed by atoms with van der Waals surface area (Å²) >= 11 is 0. The van der Waals surface area contributed by atoms with Gasteiger partial charge in [-0.15, -0.1) is 0 Å². The molecule has 0 aliphatic heterocycles. The second kappa shape index (κ2) is 7.66. The Balaban J connectivity index is 1.66. The summed E-state index contributed by atoms with van der Waals surface area (Å²) in [6.07, 6.45) is 7.00. The molecule has 19 heavy (non-hydrogen) atoms. The van der Waals surface area contributed by atoms with Gasteiger partial charge in [0.05, 0.1) is 6.61 Å². The zero-order valence-electron chi connectivity index (χ0n) is 12.1. The molecule has 0 saturated heterocycles. The minimum Gasteiger partial charge on any atom is -0.392 e. The van der Waals surface area contributed by atoms with Gasteiger partial charge in [-0.3, -0.25) is 0 Å². The van der Waals surface area contributed by atoms with E-state index in [1.54, 1.807) is 0 Å². The van der Waals surface area contributed by atoms with Gasteiger partial charge in [-0.1, -0.05) is 50.5 Å². The summed E-state index contributed by atoms with van der Waals surface area (Å²) in [6, 6.07) is 8.21. The average Bonchev–Trinajstić information content (AvgIpc) is 2.49. The summed E-state index contributed by atoms with van der Waals surface area (Å²) in [5.74, 6) is 1.86. The van der Waals surface area contributed by atoms with Crippen LogP contribution in [0, 0.1) is 11.8 Å². The Labute approximate surface area is 117 Å². The summed E-state index contributed by atoms with van der Waals surface area (Å²) in [5.41, 5.74) is 2.29. The van der Waals surface area contributed by atoms with Crippen molar-refractivity contribution in [3.8, 4) is 0 Å². The third-order valence-electron chi connectivity index (χ3n) is 4.51. The van der Waals surface area contributed by atoms with Crippen LogP contribution in [0.5, 0.6) is 0 Å². The SMILES string of the molecule is CCC1CCC(CNCc2ccc(CO)cc2)CC1. The molecule has 0 spiro atoms. The van der Waals surface area contributed by atoms with E-state index in [1.807, 2.05) is 12.1 Å². The topological polar surface area (TPSA) is 32.3 Å². The zero-order chi connectivity index (χ0) is 13.5. The summed E-state index contributed by atoms with van der Waals surface area (Å²) in [6.45, 7) is 4.55. The van der Waals surface area contributed by atoms with E-state index in [-0.39, 0.29) is 6.61 Å². The normalized spacial score (nSPS) is 23.5. The number of aliphatic hydroxyl groups excluding tert-OH is 1. The fraction of sp³-hybridized carbons (Fsp3) is 0.647. The van der Waals surface area contributed by atoms with Crippen LogP contribution in [0.2, 0.25) is 0 Å². The Kier molecular flexibility index (Phi) is 5.87. The van der Waals surface area contributed by atoms with Gasteiger partial charge in [0.25, 0.3) is 0 Å². The smallest absolute Gasteiger partial charge is 0.0681 e. The van der Waals surface area contributed by atoms with Crippen molar-refractivity contribution >= 4 is 0 Å². The van der Waals surface area contributed by atoms with Crippen LogP contribution in [0.4, 0.5) is 0 Å². The second-order valence-corrected chi connectivity index (χ2v) is 5.90. The molecule has 2 N–H and O–H groups in total.